The van der Waals surface area contributed by atoms with Gasteiger partial charge in [0, 0.05) is 5.02 Å². The number of hydrogen-bond acceptors (Lipinski definition) is 6. The standard InChI is InChI=1S/C15H15ClN2O4S/c1-8-6-10(16)4-5-11(8)22-9(2)13(19)18-15-17-7-12(23-15)14(20)21-3/h4-7,9H,1-3H3,(H,17,18,19)/t9-/m0/s1. The van der Waals surface area contributed by atoms with E-state index in [9.17, 15) is 9.59 Å². The van der Waals surface area contributed by atoms with Crippen LogP contribution in [-0.4, -0.2) is 30.1 Å². The first-order chi connectivity index (χ1) is 10.9. The molecule has 1 heterocycles. The SMILES string of the molecule is COC(=O)c1cnc(NC(=O)[C@H](C)Oc2ccc(Cl)cc2C)s1. The normalized spacial score (nSPS) is 11.7. The highest BCUT2D eigenvalue weighted by atomic mass is 35.5. The minimum atomic E-state index is -0.736. The van der Waals surface area contributed by atoms with Crippen molar-refractivity contribution in [1.29, 1.82) is 0 Å². The van der Waals surface area contributed by atoms with Crippen LogP contribution in [0, 0.1) is 6.92 Å². The van der Waals surface area contributed by atoms with Gasteiger partial charge in [-0.05, 0) is 37.6 Å². The molecule has 0 saturated carbocycles. The summed E-state index contributed by atoms with van der Waals surface area (Å²) >= 11 is 6.92. The molecular weight excluding hydrogens is 340 g/mol. The summed E-state index contributed by atoms with van der Waals surface area (Å²) in [6.45, 7) is 3.47. The molecule has 1 atom stereocenters. The number of carbonyl (C=O) groups is 2. The zero-order chi connectivity index (χ0) is 17.0. The molecule has 1 aromatic heterocycles. The van der Waals surface area contributed by atoms with E-state index < -0.39 is 12.1 Å². The highest BCUT2D eigenvalue weighted by molar-refractivity contribution is 7.17. The average Bonchev–Trinajstić information content (AvgIpc) is 2.97. The number of thiazole rings is 1. The van der Waals surface area contributed by atoms with E-state index in [0.717, 1.165) is 16.9 Å². The number of methoxy groups -OCH3 is 1. The van der Waals surface area contributed by atoms with Gasteiger partial charge in [0.1, 0.15) is 10.6 Å². The number of hydrogen-bond donors (Lipinski definition) is 1. The molecule has 0 spiro atoms. The van der Waals surface area contributed by atoms with Crippen LogP contribution in [-0.2, 0) is 9.53 Å². The van der Waals surface area contributed by atoms with Gasteiger partial charge in [0.2, 0.25) is 0 Å². The topological polar surface area (TPSA) is 77.5 Å². The lowest BCUT2D eigenvalue weighted by atomic mass is 10.2. The fourth-order valence-electron chi connectivity index (χ4n) is 1.72. The van der Waals surface area contributed by atoms with Gasteiger partial charge in [-0.2, -0.15) is 0 Å². The lowest BCUT2D eigenvalue weighted by molar-refractivity contribution is -0.122. The van der Waals surface area contributed by atoms with E-state index in [-0.39, 0.29) is 5.91 Å². The first kappa shape index (κ1) is 17.2. The van der Waals surface area contributed by atoms with Gasteiger partial charge in [0.05, 0.1) is 13.3 Å². The lowest BCUT2D eigenvalue weighted by Gasteiger charge is -2.15. The Labute approximate surface area is 142 Å². The van der Waals surface area contributed by atoms with Gasteiger partial charge in [-0.25, -0.2) is 9.78 Å². The van der Waals surface area contributed by atoms with Gasteiger partial charge in [-0.15, -0.1) is 0 Å². The summed E-state index contributed by atoms with van der Waals surface area (Å²) in [7, 11) is 1.28. The zero-order valence-corrected chi connectivity index (χ0v) is 14.3. The smallest absolute Gasteiger partial charge is 0.349 e. The molecule has 0 fully saturated rings. The van der Waals surface area contributed by atoms with Crippen molar-refractivity contribution in [1.82, 2.24) is 4.98 Å². The second kappa shape index (κ2) is 7.43. The van der Waals surface area contributed by atoms with Crippen LogP contribution in [0.1, 0.15) is 22.2 Å². The summed E-state index contributed by atoms with van der Waals surface area (Å²) in [5.74, 6) is -0.291. The largest absolute Gasteiger partial charge is 0.481 e. The minimum Gasteiger partial charge on any atom is -0.481 e. The molecule has 0 aliphatic rings. The van der Waals surface area contributed by atoms with Crippen LogP contribution in [0.4, 0.5) is 5.13 Å². The molecule has 1 aromatic carbocycles. The molecule has 1 N–H and O–H groups in total. The van der Waals surface area contributed by atoms with Crippen LogP contribution in [0.2, 0.25) is 5.02 Å². The van der Waals surface area contributed by atoms with Gasteiger partial charge in [-0.3, -0.25) is 10.1 Å². The molecule has 0 aliphatic carbocycles. The predicted octanol–water partition coefficient (Wildman–Crippen LogP) is 3.30. The molecule has 23 heavy (non-hydrogen) atoms. The van der Waals surface area contributed by atoms with E-state index in [1.54, 1.807) is 25.1 Å². The van der Waals surface area contributed by atoms with Crippen molar-refractivity contribution < 1.29 is 19.1 Å². The first-order valence-electron chi connectivity index (χ1n) is 6.68. The van der Waals surface area contributed by atoms with Crippen molar-refractivity contribution >= 4 is 39.9 Å². The number of amides is 1. The van der Waals surface area contributed by atoms with Crippen LogP contribution < -0.4 is 10.1 Å². The number of rotatable bonds is 5. The van der Waals surface area contributed by atoms with Crippen LogP contribution in [0.5, 0.6) is 5.75 Å². The fraction of sp³-hybridized carbons (Fsp3) is 0.267. The van der Waals surface area contributed by atoms with E-state index in [0.29, 0.717) is 20.8 Å². The summed E-state index contributed by atoms with van der Waals surface area (Å²) in [5, 5.41) is 3.51. The van der Waals surface area contributed by atoms with Crippen molar-refractivity contribution in [3.8, 4) is 5.75 Å². The molecule has 0 unspecified atom stereocenters. The molecule has 8 heteroatoms. The number of benzene rings is 1. The maximum atomic E-state index is 12.1. The Morgan fingerprint density at radius 2 is 2.13 bits per heavy atom. The van der Waals surface area contributed by atoms with Crippen molar-refractivity contribution in [2.45, 2.75) is 20.0 Å². The third-order valence-corrected chi connectivity index (χ3v) is 4.06. The fourth-order valence-corrected chi connectivity index (χ4v) is 2.69. The van der Waals surface area contributed by atoms with Crippen molar-refractivity contribution in [3.63, 3.8) is 0 Å². The van der Waals surface area contributed by atoms with E-state index in [4.69, 9.17) is 16.3 Å². The maximum Gasteiger partial charge on any atom is 0.349 e. The summed E-state index contributed by atoms with van der Waals surface area (Å²) in [4.78, 5) is 27.8. The average molecular weight is 355 g/mol. The van der Waals surface area contributed by atoms with Gasteiger partial charge < -0.3 is 9.47 Å². The van der Waals surface area contributed by atoms with Gasteiger partial charge in [0.25, 0.3) is 5.91 Å². The lowest BCUT2D eigenvalue weighted by Crippen LogP contribution is -2.30. The van der Waals surface area contributed by atoms with Crippen LogP contribution in [0.15, 0.2) is 24.4 Å². The Balaban J connectivity index is 1.99. The van der Waals surface area contributed by atoms with Gasteiger partial charge >= 0.3 is 5.97 Å². The number of nitrogens with one attached hydrogen (secondary N) is 1. The quantitative estimate of drug-likeness (QED) is 0.833. The predicted molar refractivity (Wildman–Crippen MR) is 88.4 cm³/mol. The van der Waals surface area contributed by atoms with Crippen LogP contribution >= 0.6 is 22.9 Å². The van der Waals surface area contributed by atoms with E-state index in [1.807, 2.05) is 6.92 Å². The summed E-state index contributed by atoms with van der Waals surface area (Å²) in [6.07, 6.45) is 0.612. The van der Waals surface area contributed by atoms with Crippen molar-refractivity contribution in [3.05, 3.63) is 39.9 Å². The molecule has 122 valence electrons. The summed E-state index contributed by atoms with van der Waals surface area (Å²) in [5.41, 5.74) is 0.833. The number of aryl methyl sites for hydroxylation is 1. The summed E-state index contributed by atoms with van der Waals surface area (Å²) in [6, 6.07) is 5.16. The highest BCUT2D eigenvalue weighted by Crippen LogP contribution is 2.23. The number of aromatic nitrogens is 1. The second-order valence-electron chi connectivity index (χ2n) is 4.68. The van der Waals surface area contributed by atoms with Crippen LogP contribution in [0.25, 0.3) is 0 Å². The zero-order valence-electron chi connectivity index (χ0n) is 12.8. The second-order valence-corrected chi connectivity index (χ2v) is 6.15. The molecule has 6 nitrogen and oxygen atoms in total. The third-order valence-electron chi connectivity index (χ3n) is 2.93. The maximum absolute atomic E-state index is 12.1. The molecule has 2 rings (SSSR count). The Bertz CT molecular complexity index is 732. The van der Waals surface area contributed by atoms with E-state index in [1.165, 1.54) is 13.3 Å². The molecule has 0 aliphatic heterocycles. The van der Waals surface area contributed by atoms with E-state index in [2.05, 4.69) is 15.0 Å². The molecule has 1 amide bonds. The monoisotopic (exact) mass is 354 g/mol. The van der Waals surface area contributed by atoms with Gasteiger partial charge in [-0.1, -0.05) is 22.9 Å². The Hall–Kier alpha value is -2.12. The third kappa shape index (κ3) is 4.43. The number of nitrogens with zero attached hydrogens (tertiary/aromatic N) is 1. The number of anilines is 1. The Morgan fingerprint density at radius 3 is 2.78 bits per heavy atom. The molecule has 0 radical (unpaired) electrons. The summed E-state index contributed by atoms with van der Waals surface area (Å²) < 4.78 is 10.2. The number of halogens is 1. The van der Waals surface area contributed by atoms with Gasteiger partial charge in [0.15, 0.2) is 11.2 Å². The molecule has 2 aromatic rings. The number of ether oxygens (including phenoxy) is 2. The van der Waals surface area contributed by atoms with Crippen LogP contribution in [0.3, 0.4) is 0 Å². The first-order valence-corrected chi connectivity index (χ1v) is 7.88. The molecular formula is C15H15ClN2O4S. The Kier molecular flexibility index (Phi) is 5.57. The molecule has 0 saturated heterocycles. The molecule has 0 bridgehead atoms. The Morgan fingerprint density at radius 1 is 1.39 bits per heavy atom. The van der Waals surface area contributed by atoms with Crippen molar-refractivity contribution in [2.75, 3.05) is 12.4 Å². The number of esters is 1. The highest BCUT2D eigenvalue weighted by Gasteiger charge is 2.18. The number of carbonyl (C=O) groups excluding carboxylic acids is 2. The minimum absolute atomic E-state index is 0.304. The van der Waals surface area contributed by atoms with E-state index >= 15 is 0 Å². The van der Waals surface area contributed by atoms with Crippen molar-refractivity contribution in [2.24, 2.45) is 0 Å².